The number of carboxylic acids is 1. The van der Waals surface area contributed by atoms with Gasteiger partial charge in [-0.3, -0.25) is 9.59 Å². The van der Waals surface area contributed by atoms with Gasteiger partial charge in [-0.05, 0) is 141 Å². The summed E-state index contributed by atoms with van der Waals surface area (Å²) in [5.74, 6) is -4.74. The molecular weight excluding hydrogens is 1090 g/mol. The van der Waals surface area contributed by atoms with Crippen LogP contribution in [0.1, 0.15) is 129 Å². The molecule has 21 nitrogen and oxygen atoms in total. The van der Waals surface area contributed by atoms with Gasteiger partial charge in [-0.1, -0.05) is 77.2 Å². The molecule has 16 N–H and O–H groups in total. The fourth-order valence-corrected chi connectivity index (χ4v) is 23.2. The van der Waals surface area contributed by atoms with E-state index in [9.17, 15) is 50.8 Å². The SMILES string of the molecule is CNC[C@H]([C@@H](N)O)[C@H](O)[C@]1(c2cnc[nH]2)C=C[C@@H]([C@H]2[C@@H](O)[C@@H](O[C@@H]3OC[C@@H](O)[C@H](O)[C@H]3O)[C@@](C)(CO)[C@H]3CC[C@]4(C)[C@H](CC=C5[C@@H]6C[C@@](C)(CO)CC[C@]6(C(=O)O)[C@H]6CNc7nc[nH]c7C[C@@H]6[C@]54C)[C@@]23C2CCCC2)[C@H]2[C@@H]1NC(=O)C21CCCC1. The first-order valence-electron chi connectivity index (χ1n) is 32.2. The number of aliphatic carboxylic acids is 1. The van der Waals surface area contributed by atoms with Crippen molar-refractivity contribution >= 4 is 17.7 Å². The van der Waals surface area contributed by atoms with Crippen molar-refractivity contribution < 1.29 is 65.0 Å². The molecule has 0 unspecified atom stereocenters. The van der Waals surface area contributed by atoms with E-state index in [0.717, 1.165) is 55.6 Å². The average Bonchev–Trinajstić information content (AvgIpc) is 1.28. The van der Waals surface area contributed by atoms with E-state index in [1.807, 2.05) is 13.0 Å². The number of fused-ring (bicyclic) bond motifs is 13. The third-order valence-corrected chi connectivity index (χ3v) is 27.2. The van der Waals surface area contributed by atoms with Gasteiger partial charge in [-0.25, -0.2) is 9.97 Å². The van der Waals surface area contributed by atoms with Gasteiger partial charge < -0.3 is 87.1 Å². The van der Waals surface area contributed by atoms with Crippen LogP contribution in [-0.4, -0.2) is 173 Å². The van der Waals surface area contributed by atoms with Crippen molar-refractivity contribution in [2.75, 3.05) is 45.3 Å². The van der Waals surface area contributed by atoms with Crippen molar-refractivity contribution in [1.82, 2.24) is 30.6 Å². The fourth-order valence-electron chi connectivity index (χ4n) is 23.2. The van der Waals surface area contributed by atoms with Crippen LogP contribution < -0.4 is 21.7 Å². The molecule has 25 atom stereocenters. The molecule has 1 amide bonds. The Labute approximate surface area is 498 Å². The van der Waals surface area contributed by atoms with Gasteiger partial charge in [0.05, 0.1) is 72.2 Å². The number of H-pyrrole nitrogens is 2. The second kappa shape index (κ2) is 21.1. The summed E-state index contributed by atoms with van der Waals surface area (Å²) in [7, 11) is 1.73. The van der Waals surface area contributed by atoms with Crippen LogP contribution in [0.3, 0.4) is 0 Å². The van der Waals surface area contributed by atoms with Crippen molar-refractivity contribution in [3.05, 3.63) is 54.0 Å². The normalized spacial score (nSPS) is 48.2. The van der Waals surface area contributed by atoms with Gasteiger partial charge in [0.1, 0.15) is 30.4 Å². The Morgan fingerprint density at radius 1 is 0.906 bits per heavy atom. The molecule has 6 saturated carbocycles. The number of carbonyl (C=O) groups excluding carboxylic acids is 1. The maximum absolute atomic E-state index is 15.7. The van der Waals surface area contributed by atoms with Gasteiger partial charge in [-0.15, -0.1) is 0 Å². The van der Waals surface area contributed by atoms with Crippen molar-refractivity contribution in [2.45, 2.75) is 185 Å². The minimum Gasteiger partial charge on any atom is -0.481 e. The number of allylic oxidation sites excluding steroid dienone is 3. The Morgan fingerprint density at radius 2 is 1.66 bits per heavy atom. The highest BCUT2D eigenvalue weighted by Crippen LogP contribution is 2.82. The van der Waals surface area contributed by atoms with Gasteiger partial charge in [-0.2, -0.15) is 0 Å². The predicted octanol–water partition coefficient (Wildman–Crippen LogP) is 2.85. The molecule has 2 saturated heterocycles. The molecule has 0 radical (unpaired) electrons. The number of hydrogen-bond donors (Lipinski definition) is 15. The van der Waals surface area contributed by atoms with Crippen molar-refractivity contribution in [3.8, 4) is 0 Å². The highest BCUT2D eigenvalue weighted by atomic mass is 16.7. The van der Waals surface area contributed by atoms with E-state index in [1.165, 1.54) is 0 Å². The van der Waals surface area contributed by atoms with Crippen LogP contribution in [0.4, 0.5) is 5.82 Å². The summed E-state index contributed by atoms with van der Waals surface area (Å²) in [6.45, 7) is 8.69. The van der Waals surface area contributed by atoms with E-state index in [1.54, 1.807) is 25.9 Å². The molecule has 8 aliphatic carbocycles. The summed E-state index contributed by atoms with van der Waals surface area (Å²) < 4.78 is 13.1. The Morgan fingerprint density at radius 3 is 2.33 bits per heavy atom. The number of ether oxygens (including phenoxy) is 2. The summed E-state index contributed by atoms with van der Waals surface area (Å²) in [6.07, 6.45) is 9.73. The number of rotatable bonds is 13. The Hall–Kier alpha value is -3.84. The van der Waals surface area contributed by atoms with Gasteiger partial charge in [0, 0.05) is 54.8 Å². The first kappa shape index (κ1) is 60.1. The third kappa shape index (κ3) is 7.95. The van der Waals surface area contributed by atoms with Gasteiger partial charge >= 0.3 is 5.97 Å². The van der Waals surface area contributed by atoms with Gasteiger partial charge in [0.25, 0.3) is 0 Å². The Balaban J connectivity index is 1.08. The number of nitrogens with one attached hydrogen (secondary N) is 5. The minimum atomic E-state index is -1.71. The zero-order chi connectivity index (χ0) is 60.2. The quantitative estimate of drug-likeness (QED) is 0.0779. The molecule has 13 rings (SSSR count). The van der Waals surface area contributed by atoms with Gasteiger partial charge in [0.15, 0.2) is 6.29 Å². The minimum absolute atomic E-state index is 0.0331. The maximum Gasteiger partial charge on any atom is 0.310 e. The maximum atomic E-state index is 15.7. The second-order valence-corrected chi connectivity index (χ2v) is 30.1. The zero-order valence-electron chi connectivity index (χ0n) is 50.2. The smallest absolute Gasteiger partial charge is 0.310 e. The Kier molecular flexibility index (Phi) is 14.9. The largest absolute Gasteiger partial charge is 0.481 e. The van der Waals surface area contributed by atoms with E-state index < -0.39 is 141 Å². The summed E-state index contributed by atoms with van der Waals surface area (Å²) in [4.78, 5) is 46.5. The molecule has 2 aromatic heterocycles. The van der Waals surface area contributed by atoms with E-state index in [4.69, 9.17) is 20.2 Å². The molecule has 1 spiro atoms. The lowest BCUT2D eigenvalue weighted by molar-refractivity contribution is -0.354. The van der Waals surface area contributed by atoms with E-state index in [-0.39, 0.29) is 55.3 Å². The molecule has 21 heteroatoms. The number of nitrogens with two attached hydrogens (primary N) is 1. The first-order chi connectivity index (χ1) is 40.5. The van der Waals surface area contributed by atoms with Crippen LogP contribution in [0.15, 0.2) is 42.7 Å². The average molecular weight is 1190 g/mol. The predicted molar refractivity (Wildman–Crippen MR) is 310 cm³/mol. The Bertz CT molecular complexity index is 2900. The lowest BCUT2D eigenvalue weighted by Crippen LogP contribution is -2.77. The fraction of sp³-hybridized carbons (Fsp3) is 0.812. The molecule has 3 aliphatic heterocycles. The molecule has 5 heterocycles. The van der Waals surface area contributed by atoms with Crippen LogP contribution in [0.5, 0.6) is 0 Å². The van der Waals surface area contributed by atoms with Crippen LogP contribution in [0, 0.1) is 97.1 Å². The highest BCUT2D eigenvalue weighted by Gasteiger charge is 2.81. The lowest BCUT2D eigenvalue weighted by Gasteiger charge is -2.77. The topological polar surface area (TPSA) is 354 Å². The monoisotopic (exact) mass is 1180 g/mol. The van der Waals surface area contributed by atoms with Crippen molar-refractivity contribution in [2.24, 2.45) is 103 Å². The van der Waals surface area contributed by atoms with Crippen LogP contribution >= 0.6 is 0 Å². The second-order valence-electron chi connectivity index (χ2n) is 30.1. The number of aromatic nitrogens is 4. The number of nitrogens with zero attached hydrogens (tertiary/aromatic N) is 2. The molecule has 8 fully saturated rings. The van der Waals surface area contributed by atoms with Gasteiger partial charge in [0.2, 0.25) is 5.91 Å². The number of aliphatic hydroxyl groups excluding tert-OH is 8. The molecule has 11 aliphatic rings. The zero-order valence-corrected chi connectivity index (χ0v) is 50.2. The third-order valence-electron chi connectivity index (χ3n) is 27.2. The number of anilines is 1. The standard InChI is InChI=1S/C64H96N8O13/c1-57(28-73)20-21-62(56(82)83)37(23-57)35-12-13-42-59(3,60(35,4)36-22-39-53(71-31-69-39)68-25-38(36)62)18-15-41-58(2,29-74)51(85-54-48(78)46(76)40(75)27-84-54)47(77)44(64(41,42)32-10-6-7-11-32)33-14-19-63(43-26-67-30-70-43,50(79)34(24-66-5)52(65)80)49-45(33)61(55(81)72-49)16-8-9-17-61/h12,14,19,26,30-34,36-38,40-42,44-52,54,66,68,73-80H,6-11,13,15-18,20-25,27-29,65H2,1-5H3,(H,67,70)(H,69,71)(H,72,81)(H,82,83)/t33-,34-,36-,37-,38-,40+,41+,42-,44-,45-,46-,47+,48+,49-,50-,51+,52-,54-,57-,58-,59+,60-,62+,63-,64-/m0/s1. The number of imidazole rings is 2. The summed E-state index contributed by atoms with van der Waals surface area (Å²) in [5.41, 5.74) is 1.53. The molecule has 2 aromatic rings. The molecule has 0 bridgehead atoms. The summed E-state index contributed by atoms with van der Waals surface area (Å²) >= 11 is 0. The summed E-state index contributed by atoms with van der Waals surface area (Å²) in [6, 6.07) is -0.832. The molecule has 470 valence electrons. The number of hydrogen-bond acceptors (Lipinski definition) is 17. The molecular formula is C64H96N8O13. The van der Waals surface area contributed by atoms with E-state index >= 15 is 4.79 Å². The first-order valence-corrected chi connectivity index (χ1v) is 32.2. The summed E-state index contributed by atoms with van der Waals surface area (Å²) in [5, 5.41) is 119. The number of aromatic amines is 2. The number of amides is 1. The number of carboxylic acid groups (broad SMARTS) is 1. The highest BCUT2D eigenvalue weighted by molar-refractivity contribution is 5.87. The molecule has 85 heavy (non-hydrogen) atoms. The molecule has 0 aromatic carbocycles. The van der Waals surface area contributed by atoms with Crippen LogP contribution in [0.2, 0.25) is 0 Å². The van der Waals surface area contributed by atoms with E-state index in [0.29, 0.717) is 70.0 Å². The number of carbonyl (C=O) groups is 2. The number of aliphatic hydroxyl groups is 8. The van der Waals surface area contributed by atoms with Crippen molar-refractivity contribution in [3.63, 3.8) is 0 Å². The van der Waals surface area contributed by atoms with Crippen molar-refractivity contribution in [1.29, 1.82) is 0 Å². The van der Waals surface area contributed by atoms with E-state index in [2.05, 4.69) is 63.8 Å². The van der Waals surface area contributed by atoms with Crippen LogP contribution in [-0.2, 0) is 30.9 Å². The lowest BCUT2D eigenvalue weighted by atomic mass is 9.27. The van der Waals surface area contributed by atoms with Crippen LogP contribution in [0.25, 0.3) is 0 Å².